The summed E-state index contributed by atoms with van der Waals surface area (Å²) in [5.41, 5.74) is 1.74. The molecule has 1 fully saturated rings. The number of nitrogens with one attached hydrogen (secondary N) is 1. The number of rotatable bonds is 7. The Bertz CT molecular complexity index is 788. The number of hydrogen-bond donors (Lipinski definition) is 2. The molecule has 136 valence electrons. The lowest BCUT2D eigenvalue weighted by Gasteiger charge is -2.20. The van der Waals surface area contributed by atoms with Gasteiger partial charge in [0.05, 0.1) is 25.0 Å². The molecule has 0 spiro atoms. The summed E-state index contributed by atoms with van der Waals surface area (Å²) in [6.45, 7) is 0. The first-order valence-corrected chi connectivity index (χ1v) is 8.39. The summed E-state index contributed by atoms with van der Waals surface area (Å²) < 4.78 is 18.3. The maximum absolute atomic E-state index is 13.1. The van der Waals surface area contributed by atoms with Crippen molar-refractivity contribution in [3.8, 4) is 5.75 Å². The van der Waals surface area contributed by atoms with Gasteiger partial charge < -0.3 is 15.2 Å². The van der Waals surface area contributed by atoms with Crippen LogP contribution in [0, 0.1) is 17.7 Å². The van der Waals surface area contributed by atoms with Gasteiger partial charge in [0.1, 0.15) is 11.6 Å². The molecule has 5 nitrogen and oxygen atoms in total. The molecule has 3 atom stereocenters. The predicted octanol–water partition coefficient (Wildman–Crippen LogP) is 2.96. The Morgan fingerprint density at radius 2 is 1.81 bits per heavy atom. The van der Waals surface area contributed by atoms with Crippen LogP contribution in [0.4, 0.5) is 4.39 Å². The van der Waals surface area contributed by atoms with E-state index in [0.29, 0.717) is 18.6 Å². The molecule has 0 saturated heterocycles. The summed E-state index contributed by atoms with van der Waals surface area (Å²) in [6, 6.07) is 13.1. The van der Waals surface area contributed by atoms with Crippen LogP contribution in [0.1, 0.15) is 23.6 Å². The van der Waals surface area contributed by atoms with Crippen molar-refractivity contribution in [1.29, 1.82) is 0 Å². The molecular weight excluding hydrogens is 337 g/mol. The van der Waals surface area contributed by atoms with Crippen LogP contribution >= 0.6 is 0 Å². The molecule has 1 saturated carbocycles. The van der Waals surface area contributed by atoms with Crippen LogP contribution in [-0.4, -0.2) is 24.1 Å². The van der Waals surface area contributed by atoms with E-state index >= 15 is 0 Å². The molecule has 6 heteroatoms. The van der Waals surface area contributed by atoms with Gasteiger partial charge in [0.25, 0.3) is 0 Å². The maximum atomic E-state index is 13.1. The highest BCUT2D eigenvalue weighted by atomic mass is 19.1. The summed E-state index contributed by atoms with van der Waals surface area (Å²) in [6.07, 6.45) is 0.843. The van der Waals surface area contributed by atoms with Crippen molar-refractivity contribution in [3.63, 3.8) is 0 Å². The third kappa shape index (κ3) is 4.20. The van der Waals surface area contributed by atoms with Crippen LogP contribution in [0.25, 0.3) is 0 Å². The van der Waals surface area contributed by atoms with Gasteiger partial charge in [-0.2, -0.15) is 0 Å². The first-order valence-electron chi connectivity index (χ1n) is 8.39. The average molecular weight is 357 g/mol. The van der Waals surface area contributed by atoms with Gasteiger partial charge in [-0.05, 0) is 48.2 Å². The molecule has 0 aliphatic heterocycles. The molecule has 2 aromatic rings. The molecule has 1 amide bonds. The molecular formula is C20H20FNO4. The van der Waals surface area contributed by atoms with Crippen molar-refractivity contribution >= 4 is 11.9 Å². The minimum absolute atomic E-state index is 0.264. The normalized spacial score (nSPS) is 19.5. The Kier molecular flexibility index (Phi) is 5.21. The predicted molar refractivity (Wildman–Crippen MR) is 93.2 cm³/mol. The summed E-state index contributed by atoms with van der Waals surface area (Å²) >= 11 is 0. The third-order valence-corrected chi connectivity index (χ3v) is 4.63. The van der Waals surface area contributed by atoms with E-state index in [9.17, 15) is 14.0 Å². The number of hydrogen-bond acceptors (Lipinski definition) is 3. The lowest BCUT2D eigenvalue weighted by Crippen LogP contribution is -2.32. The van der Waals surface area contributed by atoms with Crippen molar-refractivity contribution in [2.75, 3.05) is 7.11 Å². The molecule has 2 aromatic carbocycles. The van der Waals surface area contributed by atoms with Gasteiger partial charge in [-0.25, -0.2) is 4.39 Å². The second-order valence-corrected chi connectivity index (χ2v) is 6.45. The fraction of sp³-hybridized carbons (Fsp3) is 0.300. The topological polar surface area (TPSA) is 75.6 Å². The molecule has 0 bridgehead atoms. The van der Waals surface area contributed by atoms with Crippen LogP contribution in [0.3, 0.4) is 0 Å². The Morgan fingerprint density at radius 3 is 2.35 bits per heavy atom. The first-order chi connectivity index (χ1) is 12.5. The summed E-state index contributed by atoms with van der Waals surface area (Å²) in [5.74, 6) is -1.90. The van der Waals surface area contributed by atoms with Crippen molar-refractivity contribution < 1.29 is 23.8 Å². The van der Waals surface area contributed by atoms with E-state index in [1.165, 1.54) is 12.1 Å². The van der Waals surface area contributed by atoms with E-state index in [-0.39, 0.29) is 17.8 Å². The second-order valence-electron chi connectivity index (χ2n) is 6.45. The van der Waals surface area contributed by atoms with Crippen LogP contribution in [0.15, 0.2) is 48.5 Å². The molecule has 0 radical (unpaired) electrons. The van der Waals surface area contributed by atoms with Gasteiger partial charge in [-0.3, -0.25) is 9.59 Å². The lowest BCUT2D eigenvalue weighted by molar-refractivity contribution is -0.140. The molecule has 26 heavy (non-hydrogen) atoms. The third-order valence-electron chi connectivity index (χ3n) is 4.63. The summed E-state index contributed by atoms with van der Waals surface area (Å²) in [7, 11) is 1.58. The van der Waals surface area contributed by atoms with E-state index in [1.807, 2.05) is 12.1 Å². The number of carbonyl (C=O) groups excluding carboxylic acids is 1. The fourth-order valence-corrected chi connectivity index (χ4v) is 2.98. The monoisotopic (exact) mass is 357 g/mol. The molecule has 0 aromatic heterocycles. The van der Waals surface area contributed by atoms with Crippen molar-refractivity contribution in [2.45, 2.75) is 18.9 Å². The zero-order valence-electron chi connectivity index (χ0n) is 14.3. The highest BCUT2D eigenvalue weighted by molar-refractivity contribution is 5.89. The SMILES string of the molecule is COc1ccc(C(Cc2ccc(F)cc2)NC(=O)C2CC2C(=O)O)cc1. The largest absolute Gasteiger partial charge is 0.497 e. The Labute approximate surface area is 150 Å². The smallest absolute Gasteiger partial charge is 0.307 e. The lowest BCUT2D eigenvalue weighted by atomic mass is 9.98. The van der Waals surface area contributed by atoms with E-state index in [4.69, 9.17) is 9.84 Å². The van der Waals surface area contributed by atoms with Gasteiger partial charge in [0.15, 0.2) is 0 Å². The van der Waals surface area contributed by atoms with Gasteiger partial charge in [-0.15, -0.1) is 0 Å². The molecule has 0 heterocycles. The number of ether oxygens (including phenoxy) is 1. The number of amides is 1. The minimum Gasteiger partial charge on any atom is -0.497 e. The number of carboxylic acid groups (broad SMARTS) is 1. The molecule has 1 aliphatic carbocycles. The Morgan fingerprint density at radius 1 is 1.15 bits per heavy atom. The average Bonchev–Trinajstić information content (AvgIpc) is 3.44. The van der Waals surface area contributed by atoms with Gasteiger partial charge in [0.2, 0.25) is 5.91 Å². The highest BCUT2D eigenvalue weighted by Gasteiger charge is 2.48. The van der Waals surface area contributed by atoms with Crippen LogP contribution < -0.4 is 10.1 Å². The fourth-order valence-electron chi connectivity index (χ4n) is 2.98. The first kappa shape index (κ1) is 17.9. The van der Waals surface area contributed by atoms with E-state index in [2.05, 4.69) is 5.32 Å². The van der Waals surface area contributed by atoms with Gasteiger partial charge >= 0.3 is 5.97 Å². The molecule has 2 N–H and O–H groups in total. The van der Waals surface area contributed by atoms with E-state index in [0.717, 1.165) is 11.1 Å². The Hall–Kier alpha value is -2.89. The molecule has 3 unspecified atom stereocenters. The second kappa shape index (κ2) is 7.56. The van der Waals surface area contributed by atoms with E-state index in [1.54, 1.807) is 31.4 Å². The summed E-state index contributed by atoms with van der Waals surface area (Å²) in [5, 5.41) is 12.0. The number of halogens is 1. The van der Waals surface area contributed by atoms with Gasteiger partial charge in [-0.1, -0.05) is 24.3 Å². The van der Waals surface area contributed by atoms with Crippen molar-refractivity contribution in [1.82, 2.24) is 5.32 Å². The number of carboxylic acids is 1. The van der Waals surface area contributed by atoms with E-state index < -0.39 is 17.8 Å². The van der Waals surface area contributed by atoms with Crippen LogP contribution in [0.5, 0.6) is 5.75 Å². The minimum atomic E-state index is -0.940. The zero-order valence-corrected chi connectivity index (χ0v) is 14.3. The number of methoxy groups -OCH3 is 1. The number of benzene rings is 2. The molecule has 3 rings (SSSR count). The van der Waals surface area contributed by atoms with Crippen LogP contribution in [0.2, 0.25) is 0 Å². The standard InChI is InChI=1S/C20H20FNO4/c1-26-15-8-4-13(5-9-15)18(10-12-2-6-14(21)7-3-12)22-19(23)16-11-17(16)20(24)25/h2-9,16-18H,10-11H2,1H3,(H,22,23)(H,24,25). The number of aliphatic carboxylic acids is 1. The Balaban J connectivity index is 1.77. The van der Waals surface area contributed by atoms with Crippen molar-refractivity contribution in [3.05, 3.63) is 65.5 Å². The maximum Gasteiger partial charge on any atom is 0.307 e. The van der Waals surface area contributed by atoms with Crippen LogP contribution in [-0.2, 0) is 16.0 Å². The van der Waals surface area contributed by atoms with Crippen molar-refractivity contribution in [2.24, 2.45) is 11.8 Å². The summed E-state index contributed by atoms with van der Waals surface area (Å²) in [4.78, 5) is 23.4. The zero-order chi connectivity index (χ0) is 18.7. The highest BCUT2D eigenvalue weighted by Crippen LogP contribution is 2.39. The molecule has 1 aliphatic rings. The number of carbonyl (C=O) groups is 2. The van der Waals surface area contributed by atoms with Gasteiger partial charge in [0, 0.05) is 0 Å². The quantitative estimate of drug-likeness (QED) is 0.799.